The van der Waals surface area contributed by atoms with Crippen LogP contribution in [0.25, 0.3) is 0 Å². The van der Waals surface area contributed by atoms with Gasteiger partial charge in [-0.25, -0.2) is 0 Å². The van der Waals surface area contributed by atoms with E-state index in [0.29, 0.717) is 11.3 Å². The monoisotopic (exact) mass is 298 g/mol. The lowest BCUT2D eigenvalue weighted by atomic mass is 10.0. The van der Waals surface area contributed by atoms with Crippen molar-refractivity contribution in [3.05, 3.63) is 64.1 Å². The molecular weight excluding hydrogens is 276 g/mol. The van der Waals surface area contributed by atoms with Crippen LogP contribution < -0.4 is 10.9 Å². The maximum atomic E-state index is 12.1. The molecule has 1 amide bonds. The van der Waals surface area contributed by atoms with Crippen LogP contribution in [0.15, 0.2) is 47.4 Å². The predicted molar refractivity (Wildman–Crippen MR) is 89.0 cm³/mol. The normalized spacial score (nSPS) is 11.9. The Kier molecular flexibility index (Phi) is 5.53. The average molecular weight is 298 g/mol. The smallest absolute Gasteiger partial charge is 0.250 e. The highest BCUT2D eigenvalue weighted by Crippen LogP contribution is 2.13. The summed E-state index contributed by atoms with van der Waals surface area (Å²) in [4.78, 5) is 26.1. The Bertz CT molecular complexity index is 677. The van der Waals surface area contributed by atoms with Crippen LogP contribution in [0.4, 0.5) is 5.69 Å². The van der Waals surface area contributed by atoms with Crippen molar-refractivity contribution in [2.45, 2.75) is 33.1 Å². The first-order chi connectivity index (χ1) is 10.6. The molecular formula is C18H22N2O2. The molecule has 1 heterocycles. The number of nitrogens with one attached hydrogen (secondary N) is 2. The van der Waals surface area contributed by atoms with Crippen LogP contribution in [0.1, 0.15) is 30.9 Å². The van der Waals surface area contributed by atoms with E-state index in [4.69, 9.17) is 0 Å². The largest absolute Gasteiger partial charge is 0.327 e. The zero-order valence-corrected chi connectivity index (χ0v) is 13.1. The molecule has 4 heteroatoms. The molecule has 2 N–H and O–H groups in total. The summed E-state index contributed by atoms with van der Waals surface area (Å²) in [5, 5.41) is 2.85. The van der Waals surface area contributed by atoms with Crippen molar-refractivity contribution in [2.24, 2.45) is 5.92 Å². The molecule has 0 aliphatic carbocycles. The first kappa shape index (κ1) is 16.0. The summed E-state index contributed by atoms with van der Waals surface area (Å²) in [5.74, 6) is -0.0737. The summed E-state index contributed by atoms with van der Waals surface area (Å²) < 4.78 is 0. The topological polar surface area (TPSA) is 62.0 Å². The van der Waals surface area contributed by atoms with Gasteiger partial charge in [0.2, 0.25) is 5.91 Å². The molecule has 2 aromatic rings. The maximum absolute atomic E-state index is 12.1. The van der Waals surface area contributed by atoms with Gasteiger partial charge < -0.3 is 10.3 Å². The number of hydrogen-bond donors (Lipinski definition) is 2. The standard InChI is InChI=1S/C18H22N2O2/c1-13(7-6-10-15-8-4-3-5-9-15)18(22)20-16-11-14(2)17(21)19-12-16/h3-5,8-9,11-13H,6-7,10H2,1-2H3,(H,19,21)(H,20,22)/t13-/m1/s1. The highest BCUT2D eigenvalue weighted by atomic mass is 16.2. The van der Waals surface area contributed by atoms with Crippen LogP contribution in [0.5, 0.6) is 0 Å². The van der Waals surface area contributed by atoms with E-state index >= 15 is 0 Å². The first-order valence-electron chi connectivity index (χ1n) is 7.60. The van der Waals surface area contributed by atoms with E-state index in [1.807, 2.05) is 25.1 Å². The van der Waals surface area contributed by atoms with Crippen LogP contribution in [0, 0.1) is 12.8 Å². The minimum Gasteiger partial charge on any atom is -0.327 e. The Morgan fingerprint density at radius 3 is 2.68 bits per heavy atom. The van der Waals surface area contributed by atoms with Crippen molar-refractivity contribution in [3.63, 3.8) is 0 Å². The third kappa shape index (κ3) is 4.58. The molecule has 0 radical (unpaired) electrons. The maximum Gasteiger partial charge on any atom is 0.250 e. The SMILES string of the molecule is Cc1cc(NC(=O)[C@H](C)CCCc2ccccc2)c[nH]c1=O. The molecule has 0 aliphatic rings. The molecule has 0 spiro atoms. The van der Waals surface area contributed by atoms with Crippen LogP contribution in [-0.4, -0.2) is 10.9 Å². The number of H-pyrrole nitrogens is 1. The molecule has 1 aromatic heterocycles. The molecule has 0 bridgehead atoms. The Morgan fingerprint density at radius 1 is 1.27 bits per heavy atom. The molecule has 22 heavy (non-hydrogen) atoms. The van der Waals surface area contributed by atoms with Gasteiger partial charge in [0.15, 0.2) is 0 Å². The molecule has 1 aromatic carbocycles. The lowest BCUT2D eigenvalue weighted by molar-refractivity contribution is -0.119. The number of aryl methyl sites for hydroxylation is 2. The van der Waals surface area contributed by atoms with E-state index in [1.54, 1.807) is 13.0 Å². The molecule has 1 atom stereocenters. The number of rotatable bonds is 6. The summed E-state index contributed by atoms with van der Waals surface area (Å²) in [6.07, 6.45) is 4.33. The second-order valence-electron chi connectivity index (χ2n) is 5.67. The number of pyridine rings is 1. The Balaban J connectivity index is 1.81. The summed E-state index contributed by atoms with van der Waals surface area (Å²) in [6, 6.07) is 12.0. The summed E-state index contributed by atoms with van der Waals surface area (Å²) >= 11 is 0. The second kappa shape index (κ2) is 7.59. The fraction of sp³-hybridized carbons (Fsp3) is 0.333. The molecule has 0 unspecified atom stereocenters. The average Bonchev–Trinajstić information content (AvgIpc) is 2.52. The van der Waals surface area contributed by atoms with Crippen molar-refractivity contribution in [3.8, 4) is 0 Å². The van der Waals surface area contributed by atoms with Gasteiger partial charge in [0, 0.05) is 17.7 Å². The van der Waals surface area contributed by atoms with E-state index < -0.39 is 0 Å². The fourth-order valence-corrected chi connectivity index (χ4v) is 2.32. The molecule has 0 saturated heterocycles. The molecule has 2 rings (SSSR count). The number of hydrogen-bond acceptors (Lipinski definition) is 2. The minimum absolute atomic E-state index is 0.0143. The van der Waals surface area contributed by atoms with Gasteiger partial charge >= 0.3 is 0 Å². The van der Waals surface area contributed by atoms with Crippen LogP contribution in [0.2, 0.25) is 0 Å². The molecule has 0 saturated carbocycles. The molecule has 0 fully saturated rings. The molecule has 116 valence electrons. The van der Waals surface area contributed by atoms with Gasteiger partial charge in [-0.15, -0.1) is 0 Å². The zero-order chi connectivity index (χ0) is 15.9. The number of benzene rings is 1. The van der Waals surface area contributed by atoms with Crippen molar-refractivity contribution in [2.75, 3.05) is 5.32 Å². The van der Waals surface area contributed by atoms with Gasteiger partial charge in [0.05, 0.1) is 5.69 Å². The van der Waals surface area contributed by atoms with Crippen LogP contribution >= 0.6 is 0 Å². The van der Waals surface area contributed by atoms with E-state index in [1.165, 1.54) is 11.8 Å². The number of carbonyl (C=O) groups excluding carboxylic acids is 1. The lowest BCUT2D eigenvalue weighted by Crippen LogP contribution is -2.21. The van der Waals surface area contributed by atoms with Gasteiger partial charge in [-0.2, -0.15) is 0 Å². The van der Waals surface area contributed by atoms with Gasteiger partial charge in [0.25, 0.3) is 5.56 Å². The molecule has 0 aliphatic heterocycles. The lowest BCUT2D eigenvalue weighted by Gasteiger charge is -2.12. The van der Waals surface area contributed by atoms with Gasteiger partial charge in [0.1, 0.15) is 0 Å². The van der Waals surface area contributed by atoms with Gasteiger partial charge in [-0.05, 0) is 37.8 Å². The van der Waals surface area contributed by atoms with Gasteiger partial charge in [-0.1, -0.05) is 37.3 Å². The summed E-state index contributed by atoms with van der Waals surface area (Å²) in [5.41, 5.74) is 2.40. The van der Waals surface area contributed by atoms with Crippen molar-refractivity contribution in [1.29, 1.82) is 0 Å². The Labute approximate surface area is 130 Å². The third-order valence-electron chi connectivity index (χ3n) is 3.75. The minimum atomic E-state index is -0.131. The summed E-state index contributed by atoms with van der Waals surface area (Å²) in [7, 11) is 0. The Hall–Kier alpha value is -2.36. The third-order valence-corrected chi connectivity index (χ3v) is 3.75. The first-order valence-corrected chi connectivity index (χ1v) is 7.60. The number of anilines is 1. The highest BCUT2D eigenvalue weighted by Gasteiger charge is 2.13. The summed E-state index contributed by atoms with van der Waals surface area (Å²) in [6.45, 7) is 3.65. The fourth-order valence-electron chi connectivity index (χ4n) is 2.32. The zero-order valence-electron chi connectivity index (χ0n) is 13.1. The molecule has 4 nitrogen and oxygen atoms in total. The second-order valence-corrected chi connectivity index (χ2v) is 5.67. The Morgan fingerprint density at radius 2 is 2.00 bits per heavy atom. The van der Waals surface area contributed by atoms with Gasteiger partial charge in [-0.3, -0.25) is 9.59 Å². The number of carbonyl (C=O) groups is 1. The highest BCUT2D eigenvalue weighted by molar-refractivity contribution is 5.92. The van der Waals surface area contributed by atoms with Crippen molar-refractivity contribution >= 4 is 11.6 Å². The van der Waals surface area contributed by atoms with Crippen LogP contribution in [0.3, 0.4) is 0 Å². The quantitative estimate of drug-likeness (QED) is 0.859. The van der Waals surface area contributed by atoms with E-state index in [9.17, 15) is 9.59 Å². The number of amides is 1. The van der Waals surface area contributed by atoms with E-state index in [0.717, 1.165) is 19.3 Å². The predicted octanol–water partition coefficient (Wildman–Crippen LogP) is 3.28. The van der Waals surface area contributed by atoms with Crippen molar-refractivity contribution < 1.29 is 4.79 Å². The number of aromatic amines is 1. The number of aromatic nitrogens is 1. The van der Waals surface area contributed by atoms with E-state index in [-0.39, 0.29) is 17.4 Å². The van der Waals surface area contributed by atoms with Crippen LogP contribution in [-0.2, 0) is 11.2 Å². The van der Waals surface area contributed by atoms with Crippen molar-refractivity contribution in [1.82, 2.24) is 4.98 Å². The van der Waals surface area contributed by atoms with E-state index in [2.05, 4.69) is 22.4 Å².